The lowest BCUT2D eigenvalue weighted by Crippen LogP contribution is -2.46. The van der Waals surface area contributed by atoms with Crippen LogP contribution in [0.15, 0.2) is 46.9 Å². The Morgan fingerprint density at radius 1 is 1.05 bits per heavy atom. The minimum atomic E-state index is -3.79. The number of sulfonamides is 1. The van der Waals surface area contributed by atoms with Crippen molar-refractivity contribution in [2.75, 3.05) is 6.61 Å². The molecule has 0 spiro atoms. The van der Waals surface area contributed by atoms with Crippen LogP contribution in [0.4, 0.5) is 0 Å². The van der Waals surface area contributed by atoms with Crippen LogP contribution in [0.25, 0.3) is 33.3 Å². The first-order valence-corrected chi connectivity index (χ1v) is 16.1. The van der Waals surface area contributed by atoms with E-state index >= 15 is 0 Å². The molecule has 1 aliphatic heterocycles. The van der Waals surface area contributed by atoms with Crippen molar-refractivity contribution >= 4 is 37.8 Å². The smallest absolute Gasteiger partial charge is 0.265 e. The van der Waals surface area contributed by atoms with E-state index < -0.39 is 21.2 Å². The number of rotatable bonds is 7. The van der Waals surface area contributed by atoms with Crippen LogP contribution >= 0.6 is 0 Å². The Labute approximate surface area is 246 Å². The molecule has 8 nitrogen and oxygen atoms in total. The number of hydrogen-bond acceptors (Lipinski definition) is 7. The number of aromatic nitrogens is 1. The summed E-state index contributed by atoms with van der Waals surface area (Å²) in [7, 11) is -3.79. The largest absolute Gasteiger partial charge is 0.493 e. The number of aryl methyl sites for hydroxylation is 2. The van der Waals surface area contributed by atoms with Crippen LogP contribution in [0.1, 0.15) is 74.9 Å². The molecule has 6 rings (SSSR count). The van der Waals surface area contributed by atoms with Gasteiger partial charge in [-0.05, 0) is 96.9 Å². The number of amides is 1. The number of para-hydroxylation sites is 1. The van der Waals surface area contributed by atoms with Gasteiger partial charge in [0.1, 0.15) is 17.0 Å². The number of hydrogen-bond donors (Lipinski definition) is 1. The molecule has 2 aromatic heterocycles. The van der Waals surface area contributed by atoms with E-state index in [0.717, 1.165) is 29.4 Å². The van der Waals surface area contributed by atoms with Gasteiger partial charge < -0.3 is 13.9 Å². The highest BCUT2D eigenvalue weighted by Crippen LogP contribution is 2.41. The maximum Gasteiger partial charge on any atom is 0.265 e. The van der Waals surface area contributed by atoms with Crippen molar-refractivity contribution < 1.29 is 27.1 Å². The number of carbonyl (C=O) groups excluding carboxylic acids is 1. The molecule has 1 aliphatic carbocycles. The average Bonchev–Trinajstić information content (AvgIpc) is 3.71. The number of nitrogens with one attached hydrogen (secondary N) is 1. The van der Waals surface area contributed by atoms with Crippen LogP contribution < -0.4 is 9.46 Å². The summed E-state index contributed by atoms with van der Waals surface area (Å²) in [4.78, 5) is 18.7. The highest BCUT2D eigenvalue weighted by atomic mass is 32.2. The number of pyridine rings is 1. The molecule has 2 aromatic carbocycles. The molecular formula is C33H38N2O6S. The molecule has 2 aliphatic rings. The summed E-state index contributed by atoms with van der Waals surface area (Å²) in [5.74, 6) is 0.563. The predicted octanol–water partition coefficient (Wildman–Crippen LogP) is 6.85. The Kier molecular flexibility index (Phi) is 6.89. The van der Waals surface area contributed by atoms with Gasteiger partial charge in [0.15, 0.2) is 5.76 Å². The lowest BCUT2D eigenvalue weighted by atomic mass is 9.81. The Hall–Kier alpha value is -3.43. The van der Waals surface area contributed by atoms with Crippen molar-refractivity contribution in [1.82, 2.24) is 9.71 Å². The second-order valence-corrected chi connectivity index (χ2v) is 15.1. The highest BCUT2D eigenvalue weighted by molar-refractivity contribution is 7.91. The third-order valence-corrected chi connectivity index (χ3v) is 10.0. The zero-order valence-electron chi connectivity index (χ0n) is 25.0. The third-order valence-electron chi connectivity index (χ3n) is 8.23. The molecule has 0 atom stereocenters. The molecule has 1 N–H and O–H groups in total. The third kappa shape index (κ3) is 5.52. The van der Waals surface area contributed by atoms with E-state index in [1.54, 1.807) is 6.07 Å². The average molecular weight is 591 g/mol. The first kappa shape index (κ1) is 28.7. The fourth-order valence-corrected chi connectivity index (χ4v) is 7.83. The van der Waals surface area contributed by atoms with Gasteiger partial charge in [-0.1, -0.05) is 24.3 Å². The van der Waals surface area contributed by atoms with Gasteiger partial charge in [-0.2, -0.15) is 0 Å². The van der Waals surface area contributed by atoms with E-state index in [4.69, 9.17) is 18.9 Å². The molecule has 42 heavy (non-hydrogen) atoms. The molecule has 9 heteroatoms. The van der Waals surface area contributed by atoms with Gasteiger partial charge in [0, 0.05) is 10.9 Å². The molecule has 1 amide bonds. The number of fused-ring (bicyclic) bond motifs is 2. The number of ether oxygens (including phenoxy) is 2. The lowest BCUT2D eigenvalue weighted by molar-refractivity contribution is -0.175. The Morgan fingerprint density at radius 3 is 2.40 bits per heavy atom. The van der Waals surface area contributed by atoms with Crippen LogP contribution in [0.3, 0.4) is 0 Å². The SMILES string of the molecule is Cc1c(-c2cc(C(=O)NS(=O)(=O)C3CC3)c3c(OCC4CC(C)(C)OC(C)(C)C4)ccc(C)c3n2)oc2ccccc12. The summed E-state index contributed by atoms with van der Waals surface area (Å²) in [6.45, 7) is 12.7. The summed E-state index contributed by atoms with van der Waals surface area (Å²) in [6.07, 6.45) is 2.77. The van der Waals surface area contributed by atoms with Gasteiger partial charge in [0.2, 0.25) is 10.0 Å². The predicted molar refractivity (Wildman–Crippen MR) is 163 cm³/mol. The van der Waals surface area contributed by atoms with Crippen LogP contribution in [0.5, 0.6) is 5.75 Å². The molecule has 0 radical (unpaired) electrons. The Bertz CT molecular complexity index is 1800. The normalized spacial score (nSPS) is 18.8. The van der Waals surface area contributed by atoms with Gasteiger partial charge >= 0.3 is 0 Å². The second kappa shape index (κ2) is 10.1. The molecule has 4 aromatic rings. The molecular weight excluding hydrogens is 552 g/mol. The van der Waals surface area contributed by atoms with E-state index in [-0.39, 0.29) is 22.7 Å². The first-order chi connectivity index (χ1) is 19.7. The van der Waals surface area contributed by atoms with Crippen molar-refractivity contribution in [1.29, 1.82) is 0 Å². The Morgan fingerprint density at radius 2 is 1.74 bits per heavy atom. The quantitative estimate of drug-likeness (QED) is 0.251. The first-order valence-electron chi connectivity index (χ1n) is 14.5. The van der Waals surface area contributed by atoms with Gasteiger partial charge in [-0.15, -0.1) is 0 Å². The minimum Gasteiger partial charge on any atom is -0.493 e. The fraction of sp³-hybridized carbons (Fsp3) is 0.455. The van der Waals surface area contributed by atoms with E-state index in [9.17, 15) is 13.2 Å². The molecule has 1 saturated heterocycles. The van der Waals surface area contributed by atoms with E-state index in [1.165, 1.54) is 0 Å². The van der Waals surface area contributed by atoms with Gasteiger partial charge in [0.25, 0.3) is 5.91 Å². The van der Waals surface area contributed by atoms with Crippen LogP contribution in [-0.2, 0) is 14.8 Å². The van der Waals surface area contributed by atoms with Crippen molar-refractivity contribution in [2.45, 2.75) is 83.7 Å². The second-order valence-electron chi connectivity index (χ2n) is 13.1. The van der Waals surface area contributed by atoms with Gasteiger partial charge in [-0.25, -0.2) is 18.1 Å². The molecule has 222 valence electrons. The number of benzene rings is 2. The van der Waals surface area contributed by atoms with E-state index in [0.29, 0.717) is 53.1 Å². The monoisotopic (exact) mass is 590 g/mol. The zero-order chi connectivity index (χ0) is 30.0. The fourth-order valence-electron chi connectivity index (χ4n) is 6.54. The molecule has 0 unspecified atom stereocenters. The topological polar surface area (TPSA) is 108 Å². The zero-order valence-corrected chi connectivity index (χ0v) is 25.9. The maximum absolute atomic E-state index is 13.8. The van der Waals surface area contributed by atoms with E-state index in [2.05, 4.69) is 32.4 Å². The summed E-state index contributed by atoms with van der Waals surface area (Å²) in [5.41, 5.74) is 3.08. The lowest BCUT2D eigenvalue weighted by Gasteiger charge is -2.45. The Balaban J connectivity index is 1.46. The highest BCUT2D eigenvalue weighted by Gasteiger charge is 2.40. The number of carbonyl (C=O) groups is 1. The van der Waals surface area contributed by atoms with Crippen molar-refractivity contribution in [3.05, 3.63) is 59.2 Å². The summed E-state index contributed by atoms with van der Waals surface area (Å²) in [6, 6.07) is 13.1. The van der Waals surface area contributed by atoms with Gasteiger partial charge in [-0.3, -0.25) is 4.79 Å². The summed E-state index contributed by atoms with van der Waals surface area (Å²) in [5, 5.41) is 0.902. The van der Waals surface area contributed by atoms with Gasteiger partial charge in [0.05, 0.1) is 39.5 Å². The standard InChI is InChI=1S/C33H38N2O6S/c1-19-11-14-27(39-18-21-16-32(3,4)41-33(5,6)17-21)28-24(31(36)35-42(37,38)22-12-13-22)15-25(34-29(19)28)30-20(2)23-9-7-8-10-26(23)40-30/h7-11,14-15,21-22H,12-13,16-18H2,1-6H3,(H,35,36). The molecule has 3 heterocycles. The molecule has 2 fully saturated rings. The molecule has 0 bridgehead atoms. The van der Waals surface area contributed by atoms with Crippen molar-refractivity contribution in [2.24, 2.45) is 5.92 Å². The minimum absolute atomic E-state index is 0.186. The van der Waals surface area contributed by atoms with Crippen LogP contribution in [-0.4, -0.2) is 42.4 Å². The molecule has 1 saturated carbocycles. The van der Waals surface area contributed by atoms with E-state index in [1.807, 2.05) is 50.2 Å². The van der Waals surface area contributed by atoms with Crippen LogP contribution in [0, 0.1) is 19.8 Å². The number of nitrogens with zero attached hydrogens (tertiary/aromatic N) is 1. The van der Waals surface area contributed by atoms with Crippen molar-refractivity contribution in [3.8, 4) is 17.2 Å². The summed E-state index contributed by atoms with van der Waals surface area (Å²) >= 11 is 0. The van der Waals surface area contributed by atoms with Crippen LogP contribution in [0.2, 0.25) is 0 Å². The maximum atomic E-state index is 13.8. The van der Waals surface area contributed by atoms with Crippen molar-refractivity contribution in [3.63, 3.8) is 0 Å². The number of furan rings is 1. The summed E-state index contributed by atoms with van der Waals surface area (Å²) < 4.78 is 46.9.